The highest BCUT2D eigenvalue weighted by molar-refractivity contribution is 5.96. The fraction of sp³-hybridized carbons (Fsp3) is 0.400. The second kappa shape index (κ2) is 5.03. The molecular formula is C15H19N2O2. The first-order valence-corrected chi connectivity index (χ1v) is 6.40. The topological polar surface area (TPSA) is 49.4 Å². The van der Waals surface area contributed by atoms with Gasteiger partial charge in [-0.3, -0.25) is 9.59 Å². The SMILES string of the molecule is CC(C)(C)[C@H]1NC(=O)C[CH]N1C(=O)c1ccccc1. The second-order valence-corrected chi connectivity index (χ2v) is 5.80. The lowest BCUT2D eigenvalue weighted by Crippen LogP contribution is -2.59. The Bertz CT molecular complexity index is 477. The van der Waals surface area contributed by atoms with Gasteiger partial charge in [-0.15, -0.1) is 0 Å². The van der Waals surface area contributed by atoms with Crippen molar-refractivity contribution in [3.63, 3.8) is 0 Å². The third kappa shape index (κ3) is 2.95. The molecular weight excluding hydrogens is 240 g/mol. The first-order valence-electron chi connectivity index (χ1n) is 6.40. The number of rotatable bonds is 1. The first-order chi connectivity index (χ1) is 8.89. The van der Waals surface area contributed by atoms with Gasteiger partial charge in [0.25, 0.3) is 5.91 Å². The Hall–Kier alpha value is -1.84. The third-order valence-corrected chi connectivity index (χ3v) is 3.12. The van der Waals surface area contributed by atoms with Crippen LogP contribution in [-0.4, -0.2) is 22.9 Å². The van der Waals surface area contributed by atoms with Gasteiger partial charge in [-0.25, -0.2) is 0 Å². The standard InChI is InChI=1S/C15H19N2O2/c1-15(2,3)14-16-12(18)9-10-17(14)13(19)11-7-5-4-6-8-11/h4-8,10,14H,9H2,1-3H3,(H,16,18)/t14-/m0/s1. The van der Waals surface area contributed by atoms with Crippen molar-refractivity contribution in [1.29, 1.82) is 0 Å². The van der Waals surface area contributed by atoms with Crippen LogP contribution in [0.5, 0.6) is 0 Å². The number of nitrogens with one attached hydrogen (secondary N) is 1. The van der Waals surface area contributed by atoms with Gasteiger partial charge < -0.3 is 10.2 Å². The molecule has 1 fully saturated rings. The molecule has 1 heterocycles. The molecule has 1 N–H and O–H groups in total. The Morgan fingerprint density at radius 3 is 2.47 bits per heavy atom. The van der Waals surface area contributed by atoms with Crippen molar-refractivity contribution in [2.24, 2.45) is 5.41 Å². The maximum Gasteiger partial charge on any atom is 0.255 e. The van der Waals surface area contributed by atoms with Crippen LogP contribution in [0.3, 0.4) is 0 Å². The number of carbonyl (C=O) groups excluding carboxylic acids is 2. The van der Waals surface area contributed by atoms with E-state index in [4.69, 9.17) is 0 Å². The van der Waals surface area contributed by atoms with Crippen molar-refractivity contribution < 1.29 is 9.59 Å². The Balaban J connectivity index is 2.26. The summed E-state index contributed by atoms with van der Waals surface area (Å²) >= 11 is 0. The third-order valence-electron chi connectivity index (χ3n) is 3.12. The Morgan fingerprint density at radius 2 is 1.89 bits per heavy atom. The lowest BCUT2D eigenvalue weighted by molar-refractivity contribution is -0.126. The molecule has 4 nitrogen and oxygen atoms in total. The van der Waals surface area contributed by atoms with Gasteiger partial charge in [0.05, 0.1) is 6.54 Å². The summed E-state index contributed by atoms with van der Waals surface area (Å²) in [6.07, 6.45) is -0.0769. The minimum Gasteiger partial charge on any atom is -0.335 e. The van der Waals surface area contributed by atoms with E-state index in [1.165, 1.54) is 0 Å². The summed E-state index contributed by atoms with van der Waals surface area (Å²) in [5.41, 5.74) is 0.404. The molecule has 1 aliphatic rings. The summed E-state index contributed by atoms with van der Waals surface area (Å²) in [5.74, 6) is -0.127. The zero-order chi connectivity index (χ0) is 14.0. The number of nitrogens with zero attached hydrogens (tertiary/aromatic N) is 1. The van der Waals surface area contributed by atoms with E-state index < -0.39 is 0 Å². The molecule has 1 aromatic carbocycles. The van der Waals surface area contributed by atoms with Crippen LogP contribution in [-0.2, 0) is 4.79 Å². The minimum atomic E-state index is -0.318. The largest absolute Gasteiger partial charge is 0.335 e. The van der Waals surface area contributed by atoms with Crippen LogP contribution >= 0.6 is 0 Å². The monoisotopic (exact) mass is 259 g/mol. The number of amides is 2. The molecule has 19 heavy (non-hydrogen) atoms. The van der Waals surface area contributed by atoms with Gasteiger partial charge in [-0.05, 0) is 12.1 Å². The van der Waals surface area contributed by atoms with E-state index in [1.54, 1.807) is 23.6 Å². The van der Waals surface area contributed by atoms with Gasteiger partial charge in [-0.2, -0.15) is 0 Å². The molecule has 0 aromatic heterocycles. The summed E-state index contributed by atoms with van der Waals surface area (Å²) in [7, 11) is 0. The van der Waals surface area contributed by atoms with Crippen LogP contribution in [0, 0.1) is 12.0 Å². The summed E-state index contributed by atoms with van der Waals surface area (Å²) in [5, 5.41) is 2.89. The number of benzene rings is 1. The van der Waals surface area contributed by atoms with Crippen molar-refractivity contribution in [2.45, 2.75) is 33.4 Å². The van der Waals surface area contributed by atoms with E-state index in [9.17, 15) is 9.59 Å². The van der Waals surface area contributed by atoms with Crippen molar-refractivity contribution in [1.82, 2.24) is 10.2 Å². The highest BCUT2D eigenvalue weighted by Crippen LogP contribution is 2.27. The van der Waals surface area contributed by atoms with Crippen molar-refractivity contribution in [2.75, 3.05) is 0 Å². The van der Waals surface area contributed by atoms with E-state index in [2.05, 4.69) is 5.32 Å². The summed E-state index contributed by atoms with van der Waals surface area (Å²) < 4.78 is 0. The lowest BCUT2D eigenvalue weighted by atomic mass is 9.89. The Labute approximate surface area is 113 Å². The van der Waals surface area contributed by atoms with Crippen LogP contribution in [0.1, 0.15) is 37.6 Å². The van der Waals surface area contributed by atoms with Crippen LogP contribution < -0.4 is 5.32 Å². The molecule has 1 aromatic rings. The first kappa shape index (κ1) is 13.6. The smallest absolute Gasteiger partial charge is 0.255 e. The molecule has 2 amide bonds. The molecule has 0 aliphatic carbocycles. The van der Waals surface area contributed by atoms with E-state index in [0.29, 0.717) is 5.56 Å². The molecule has 0 unspecified atom stereocenters. The molecule has 101 valence electrons. The van der Waals surface area contributed by atoms with Gasteiger partial charge in [0.2, 0.25) is 5.91 Å². The summed E-state index contributed by atoms with van der Waals surface area (Å²) in [6.45, 7) is 7.69. The lowest BCUT2D eigenvalue weighted by Gasteiger charge is -2.43. The number of hydrogen-bond donors (Lipinski definition) is 1. The van der Waals surface area contributed by atoms with E-state index >= 15 is 0 Å². The molecule has 1 atom stereocenters. The predicted molar refractivity (Wildman–Crippen MR) is 72.9 cm³/mol. The summed E-state index contributed by atoms with van der Waals surface area (Å²) in [6, 6.07) is 9.11. The van der Waals surface area contributed by atoms with Crippen LogP contribution in [0.4, 0.5) is 0 Å². The maximum absolute atomic E-state index is 12.5. The van der Waals surface area contributed by atoms with Crippen molar-refractivity contribution in [3.05, 3.63) is 42.4 Å². The Morgan fingerprint density at radius 1 is 1.26 bits per heavy atom. The van der Waals surface area contributed by atoms with Gasteiger partial charge in [0, 0.05) is 17.4 Å². The predicted octanol–water partition coefficient (Wildman–Crippen LogP) is 2.18. The van der Waals surface area contributed by atoms with E-state index in [0.717, 1.165) is 0 Å². The molecule has 1 radical (unpaired) electrons. The van der Waals surface area contributed by atoms with E-state index in [-0.39, 0.29) is 29.8 Å². The van der Waals surface area contributed by atoms with Gasteiger partial charge in [0.1, 0.15) is 6.17 Å². The second-order valence-electron chi connectivity index (χ2n) is 5.80. The van der Waals surface area contributed by atoms with Crippen molar-refractivity contribution in [3.8, 4) is 0 Å². The van der Waals surface area contributed by atoms with E-state index in [1.807, 2.05) is 39.0 Å². The highest BCUT2D eigenvalue weighted by Gasteiger charge is 2.38. The molecule has 0 saturated carbocycles. The maximum atomic E-state index is 12.5. The minimum absolute atomic E-state index is 0.0444. The molecule has 4 heteroatoms. The van der Waals surface area contributed by atoms with Crippen LogP contribution in [0.2, 0.25) is 0 Å². The fourth-order valence-corrected chi connectivity index (χ4v) is 2.13. The zero-order valence-electron chi connectivity index (χ0n) is 11.5. The average Bonchev–Trinajstić information content (AvgIpc) is 2.38. The normalized spacial score (nSPS) is 20.1. The summed E-state index contributed by atoms with van der Waals surface area (Å²) in [4.78, 5) is 25.7. The van der Waals surface area contributed by atoms with Crippen molar-refractivity contribution >= 4 is 11.8 Å². The fourth-order valence-electron chi connectivity index (χ4n) is 2.13. The van der Waals surface area contributed by atoms with Crippen LogP contribution in [0.25, 0.3) is 0 Å². The van der Waals surface area contributed by atoms with Gasteiger partial charge in [-0.1, -0.05) is 39.0 Å². The zero-order valence-corrected chi connectivity index (χ0v) is 11.5. The Kier molecular flexibility index (Phi) is 3.60. The van der Waals surface area contributed by atoms with Crippen LogP contribution in [0.15, 0.2) is 30.3 Å². The number of carbonyl (C=O) groups is 2. The molecule has 0 spiro atoms. The molecule has 1 aliphatic heterocycles. The molecule has 1 saturated heterocycles. The quantitative estimate of drug-likeness (QED) is 0.840. The number of hydrogen-bond acceptors (Lipinski definition) is 2. The van der Waals surface area contributed by atoms with Gasteiger partial charge in [0.15, 0.2) is 0 Å². The average molecular weight is 259 g/mol. The molecule has 0 bridgehead atoms. The van der Waals surface area contributed by atoms with Gasteiger partial charge >= 0.3 is 0 Å². The molecule has 2 rings (SSSR count). The highest BCUT2D eigenvalue weighted by atomic mass is 16.2.